The van der Waals surface area contributed by atoms with Gasteiger partial charge in [0, 0.05) is 36.3 Å². The van der Waals surface area contributed by atoms with Gasteiger partial charge in [0.05, 0.1) is 24.5 Å². The number of hydrogen-bond acceptors (Lipinski definition) is 5. The van der Waals surface area contributed by atoms with E-state index in [0.717, 1.165) is 11.8 Å². The molecule has 1 aromatic carbocycles. The predicted octanol–water partition coefficient (Wildman–Crippen LogP) is 4.39. The van der Waals surface area contributed by atoms with Crippen LogP contribution in [0.5, 0.6) is 0 Å². The van der Waals surface area contributed by atoms with Gasteiger partial charge in [0.15, 0.2) is 11.3 Å². The number of anilines is 1. The molecule has 1 aliphatic rings. The minimum atomic E-state index is -3.63. The van der Waals surface area contributed by atoms with Crippen LogP contribution in [0, 0.1) is 5.82 Å². The average molecular weight is 503 g/mol. The Balaban J connectivity index is 1.52. The molecule has 1 unspecified atom stereocenters. The molecular weight excluding hydrogens is 483 g/mol. The number of carbonyl (C=O) groups is 1. The quantitative estimate of drug-likeness (QED) is 0.436. The standard InChI is InChI=1S/C23H20ClFN4O4S/c1-34(31,32)27-19-10-17(16-6-8-33-13-16)12-29-21(24)20(26-22(19)29)23(30)28-7-5-15(11-28)14-3-2-4-18(25)9-14/h2-4,6,8-10,12-13,15,27H,5,7,11H2,1H3. The van der Waals surface area contributed by atoms with E-state index >= 15 is 0 Å². The molecule has 0 spiro atoms. The molecular formula is C23H20ClFN4O4S. The number of carbonyl (C=O) groups excluding carboxylic acids is 1. The smallest absolute Gasteiger partial charge is 0.275 e. The lowest BCUT2D eigenvalue weighted by Gasteiger charge is -2.15. The summed E-state index contributed by atoms with van der Waals surface area (Å²) in [5, 5.41) is 0.0658. The van der Waals surface area contributed by atoms with Gasteiger partial charge in [-0.25, -0.2) is 17.8 Å². The van der Waals surface area contributed by atoms with Crippen LogP contribution in [0.15, 0.2) is 59.5 Å². The maximum Gasteiger partial charge on any atom is 0.275 e. The number of nitrogens with one attached hydrogen (secondary N) is 1. The molecule has 4 aromatic rings. The monoisotopic (exact) mass is 502 g/mol. The molecule has 4 heterocycles. The minimum Gasteiger partial charge on any atom is -0.472 e. The van der Waals surface area contributed by atoms with E-state index in [1.54, 1.807) is 29.3 Å². The Kier molecular flexibility index (Phi) is 5.57. The summed E-state index contributed by atoms with van der Waals surface area (Å²) in [4.78, 5) is 19.4. The number of hydrogen-bond donors (Lipinski definition) is 1. The van der Waals surface area contributed by atoms with E-state index in [-0.39, 0.29) is 39.8 Å². The van der Waals surface area contributed by atoms with Gasteiger partial charge in [-0.1, -0.05) is 23.7 Å². The predicted molar refractivity (Wildman–Crippen MR) is 126 cm³/mol. The number of nitrogens with zero attached hydrogens (tertiary/aromatic N) is 3. The molecule has 176 valence electrons. The van der Waals surface area contributed by atoms with Crippen molar-refractivity contribution < 1.29 is 22.0 Å². The third-order valence-electron chi connectivity index (χ3n) is 5.81. The van der Waals surface area contributed by atoms with Gasteiger partial charge >= 0.3 is 0 Å². The molecule has 0 bridgehead atoms. The molecule has 1 aliphatic heterocycles. The third-order valence-corrected chi connectivity index (χ3v) is 6.76. The molecule has 0 aliphatic carbocycles. The molecule has 1 saturated heterocycles. The van der Waals surface area contributed by atoms with Gasteiger partial charge in [0.1, 0.15) is 11.0 Å². The first-order valence-corrected chi connectivity index (χ1v) is 12.7. The molecule has 3 aromatic heterocycles. The molecule has 5 rings (SSSR count). The number of sulfonamides is 1. The topological polar surface area (TPSA) is 96.9 Å². The van der Waals surface area contributed by atoms with Crippen molar-refractivity contribution >= 4 is 38.9 Å². The molecule has 34 heavy (non-hydrogen) atoms. The van der Waals surface area contributed by atoms with E-state index in [1.165, 1.54) is 29.1 Å². The van der Waals surface area contributed by atoms with Crippen molar-refractivity contribution in [1.29, 1.82) is 0 Å². The Bertz CT molecular complexity index is 1500. The summed E-state index contributed by atoms with van der Waals surface area (Å²) in [7, 11) is -3.63. The van der Waals surface area contributed by atoms with Crippen molar-refractivity contribution in [2.75, 3.05) is 24.1 Å². The van der Waals surface area contributed by atoms with Crippen LogP contribution in [0.3, 0.4) is 0 Å². The highest BCUT2D eigenvalue weighted by atomic mass is 35.5. The van der Waals surface area contributed by atoms with Crippen LogP contribution in [0.4, 0.5) is 10.1 Å². The molecule has 11 heteroatoms. The van der Waals surface area contributed by atoms with Crippen LogP contribution in [-0.2, 0) is 10.0 Å². The first-order valence-electron chi connectivity index (χ1n) is 10.5. The van der Waals surface area contributed by atoms with Crippen LogP contribution in [0.25, 0.3) is 16.8 Å². The summed E-state index contributed by atoms with van der Waals surface area (Å²) in [5.41, 5.74) is 2.56. The van der Waals surface area contributed by atoms with E-state index < -0.39 is 10.0 Å². The summed E-state index contributed by atoms with van der Waals surface area (Å²) < 4.78 is 46.6. The van der Waals surface area contributed by atoms with E-state index in [1.807, 2.05) is 6.07 Å². The number of benzene rings is 1. The maximum atomic E-state index is 13.6. The molecule has 1 fully saturated rings. The largest absolute Gasteiger partial charge is 0.472 e. The normalized spacial score (nSPS) is 16.3. The van der Waals surface area contributed by atoms with Crippen molar-refractivity contribution in [1.82, 2.24) is 14.3 Å². The van der Waals surface area contributed by atoms with Crippen LogP contribution < -0.4 is 4.72 Å². The van der Waals surface area contributed by atoms with Crippen molar-refractivity contribution in [3.05, 3.63) is 77.3 Å². The highest BCUT2D eigenvalue weighted by Gasteiger charge is 2.31. The summed E-state index contributed by atoms with van der Waals surface area (Å²) in [5.74, 6) is -0.682. The van der Waals surface area contributed by atoms with Crippen molar-refractivity contribution in [2.45, 2.75) is 12.3 Å². The number of fused-ring (bicyclic) bond motifs is 1. The molecule has 1 atom stereocenters. The van der Waals surface area contributed by atoms with Crippen LogP contribution in [0.1, 0.15) is 28.4 Å². The average Bonchev–Trinajstić information content (AvgIpc) is 3.53. The fourth-order valence-electron chi connectivity index (χ4n) is 4.24. The molecule has 0 saturated carbocycles. The van der Waals surface area contributed by atoms with Crippen LogP contribution in [0.2, 0.25) is 5.15 Å². The number of rotatable bonds is 5. The van der Waals surface area contributed by atoms with Gasteiger partial charge in [-0.3, -0.25) is 13.9 Å². The van der Waals surface area contributed by atoms with Crippen molar-refractivity contribution in [2.24, 2.45) is 0 Å². The number of aromatic nitrogens is 2. The zero-order valence-electron chi connectivity index (χ0n) is 18.0. The van der Waals surface area contributed by atoms with E-state index in [2.05, 4.69) is 9.71 Å². The first-order chi connectivity index (χ1) is 16.2. The SMILES string of the molecule is CS(=O)(=O)Nc1cc(-c2ccoc2)cn2c(Cl)c(C(=O)N3CCC(c4cccc(F)c4)C3)nc12. The molecule has 8 nitrogen and oxygen atoms in total. The number of likely N-dealkylation sites (tertiary alicyclic amines) is 1. The Morgan fingerprint density at radius 3 is 2.79 bits per heavy atom. The van der Waals surface area contributed by atoms with Crippen LogP contribution >= 0.6 is 11.6 Å². The second-order valence-electron chi connectivity index (χ2n) is 8.27. The summed E-state index contributed by atoms with van der Waals surface area (Å²) in [6.07, 6.45) is 6.39. The van der Waals surface area contributed by atoms with E-state index in [0.29, 0.717) is 30.6 Å². The number of imidazole rings is 1. The Morgan fingerprint density at radius 2 is 2.09 bits per heavy atom. The highest BCUT2D eigenvalue weighted by molar-refractivity contribution is 7.92. The number of pyridine rings is 1. The number of amides is 1. The van der Waals surface area contributed by atoms with Gasteiger partial charge in [-0.15, -0.1) is 0 Å². The Morgan fingerprint density at radius 1 is 1.26 bits per heavy atom. The zero-order valence-corrected chi connectivity index (χ0v) is 19.6. The lowest BCUT2D eigenvalue weighted by Crippen LogP contribution is -2.29. The van der Waals surface area contributed by atoms with Gasteiger partial charge in [-0.05, 0) is 36.2 Å². The Hall–Kier alpha value is -3.37. The summed E-state index contributed by atoms with van der Waals surface area (Å²) in [6, 6.07) is 9.70. The van der Waals surface area contributed by atoms with Gasteiger partial charge in [0.25, 0.3) is 5.91 Å². The number of furan rings is 1. The lowest BCUT2D eigenvalue weighted by molar-refractivity contribution is 0.0786. The van der Waals surface area contributed by atoms with Gasteiger partial charge in [0.2, 0.25) is 10.0 Å². The fraction of sp³-hybridized carbons (Fsp3) is 0.217. The number of halogens is 2. The van der Waals surface area contributed by atoms with Gasteiger partial charge < -0.3 is 9.32 Å². The Labute approximate surface area is 200 Å². The van der Waals surface area contributed by atoms with Crippen molar-refractivity contribution in [3.8, 4) is 11.1 Å². The van der Waals surface area contributed by atoms with Gasteiger partial charge in [-0.2, -0.15) is 0 Å². The third kappa shape index (κ3) is 4.26. The summed E-state index contributed by atoms with van der Waals surface area (Å²) >= 11 is 6.58. The first kappa shape index (κ1) is 22.4. The summed E-state index contributed by atoms with van der Waals surface area (Å²) in [6.45, 7) is 0.875. The lowest BCUT2D eigenvalue weighted by atomic mass is 9.98. The zero-order chi connectivity index (χ0) is 24.0. The second kappa shape index (κ2) is 8.44. The maximum absolute atomic E-state index is 13.6. The highest BCUT2D eigenvalue weighted by Crippen LogP contribution is 2.33. The molecule has 0 radical (unpaired) electrons. The fourth-order valence-corrected chi connectivity index (χ4v) is 5.04. The second-order valence-corrected chi connectivity index (χ2v) is 10.4. The molecule has 1 N–H and O–H groups in total. The van der Waals surface area contributed by atoms with Crippen LogP contribution in [-0.4, -0.2) is 48.0 Å². The van der Waals surface area contributed by atoms with E-state index in [9.17, 15) is 17.6 Å². The minimum absolute atomic E-state index is 0.00520. The molecule has 1 amide bonds. The van der Waals surface area contributed by atoms with Crippen molar-refractivity contribution in [3.63, 3.8) is 0 Å². The van der Waals surface area contributed by atoms with E-state index in [4.69, 9.17) is 16.0 Å².